The molecule has 1 fully saturated rings. The van der Waals surface area contributed by atoms with E-state index in [1.807, 2.05) is 13.8 Å². The van der Waals surface area contributed by atoms with Gasteiger partial charge in [-0.15, -0.1) is 0 Å². The van der Waals surface area contributed by atoms with Crippen molar-refractivity contribution in [3.05, 3.63) is 35.5 Å². The van der Waals surface area contributed by atoms with Gasteiger partial charge in [0.05, 0.1) is 28.9 Å². The number of benzene rings is 1. The standard InChI is InChI=1S/C20H26N4O3/c1-11-19(12(2)27-23-11)13-4-5-18-17(8-13)22-20(16(21)6-7-25)24(18)14-9-15(10-14)26-3/h4-5,8,14-16,25H,6-7,9-10,21H2,1-3H3/t14-,15+,16?. The largest absolute Gasteiger partial charge is 0.396 e. The molecule has 2 aromatic heterocycles. The number of aliphatic hydroxyl groups excluding tert-OH is 1. The number of imidazole rings is 1. The fourth-order valence-electron chi connectivity index (χ4n) is 4.02. The molecule has 144 valence electrons. The molecule has 3 N–H and O–H groups in total. The molecule has 7 nitrogen and oxygen atoms in total. The minimum atomic E-state index is -0.300. The molecule has 1 aliphatic rings. The minimum Gasteiger partial charge on any atom is -0.396 e. The van der Waals surface area contributed by atoms with Crippen LogP contribution in [-0.2, 0) is 4.74 Å². The second kappa shape index (κ2) is 7.07. The highest BCUT2D eigenvalue weighted by molar-refractivity contribution is 5.84. The molecule has 1 atom stereocenters. The summed E-state index contributed by atoms with van der Waals surface area (Å²) in [6.45, 7) is 3.90. The lowest BCUT2D eigenvalue weighted by Crippen LogP contribution is -2.34. The molecular formula is C20H26N4O3. The number of nitrogens with zero attached hydrogens (tertiary/aromatic N) is 3. The number of aryl methyl sites for hydroxylation is 2. The average molecular weight is 370 g/mol. The van der Waals surface area contributed by atoms with Crippen LogP contribution in [0.25, 0.3) is 22.2 Å². The van der Waals surface area contributed by atoms with Gasteiger partial charge in [-0.3, -0.25) is 0 Å². The van der Waals surface area contributed by atoms with Crippen LogP contribution in [0.3, 0.4) is 0 Å². The van der Waals surface area contributed by atoms with E-state index in [4.69, 9.17) is 20.0 Å². The third kappa shape index (κ3) is 3.05. The number of fused-ring (bicyclic) bond motifs is 1. The third-order valence-corrected chi connectivity index (χ3v) is 5.58. The monoisotopic (exact) mass is 370 g/mol. The number of hydrogen-bond donors (Lipinski definition) is 2. The molecule has 0 bridgehead atoms. The lowest BCUT2D eigenvalue weighted by Gasteiger charge is -2.36. The summed E-state index contributed by atoms with van der Waals surface area (Å²) in [5, 5.41) is 13.4. The van der Waals surface area contributed by atoms with Gasteiger partial charge < -0.3 is 24.7 Å². The number of hydrogen-bond acceptors (Lipinski definition) is 6. The molecule has 0 saturated heterocycles. The summed E-state index contributed by atoms with van der Waals surface area (Å²) in [5.41, 5.74) is 11.2. The Bertz CT molecular complexity index is 936. The lowest BCUT2D eigenvalue weighted by atomic mass is 9.88. The molecule has 27 heavy (non-hydrogen) atoms. The molecule has 0 amide bonds. The summed E-state index contributed by atoms with van der Waals surface area (Å²) >= 11 is 0. The van der Waals surface area contributed by atoms with E-state index in [0.717, 1.165) is 52.3 Å². The Hall–Kier alpha value is -2.22. The van der Waals surface area contributed by atoms with E-state index in [2.05, 4.69) is 27.9 Å². The Morgan fingerprint density at radius 3 is 2.78 bits per heavy atom. The molecule has 4 rings (SSSR count). The Morgan fingerprint density at radius 2 is 2.15 bits per heavy atom. The van der Waals surface area contributed by atoms with Gasteiger partial charge in [0.2, 0.25) is 0 Å². The third-order valence-electron chi connectivity index (χ3n) is 5.58. The van der Waals surface area contributed by atoms with Crippen LogP contribution < -0.4 is 5.73 Å². The normalized spacial score (nSPS) is 20.8. The first-order valence-corrected chi connectivity index (χ1v) is 9.37. The minimum absolute atomic E-state index is 0.0417. The predicted molar refractivity (Wildman–Crippen MR) is 102 cm³/mol. The summed E-state index contributed by atoms with van der Waals surface area (Å²) in [6.07, 6.45) is 2.68. The van der Waals surface area contributed by atoms with Gasteiger partial charge in [0.25, 0.3) is 0 Å². The topological polar surface area (TPSA) is 99.3 Å². The molecule has 3 aromatic rings. The SMILES string of the molecule is CO[C@H]1C[C@@H](n2c(C(N)CCO)nc3cc(-c4c(C)noc4C)ccc32)C1. The summed E-state index contributed by atoms with van der Waals surface area (Å²) < 4.78 is 13.0. The van der Waals surface area contributed by atoms with Crippen LogP contribution in [0.4, 0.5) is 0 Å². The molecule has 1 unspecified atom stereocenters. The molecule has 0 radical (unpaired) electrons. The summed E-state index contributed by atoms with van der Waals surface area (Å²) in [7, 11) is 1.75. The van der Waals surface area contributed by atoms with Gasteiger partial charge in [0.15, 0.2) is 0 Å². The maximum Gasteiger partial charge on any atom is 0.141 e. The van der Waals surface area contributed by atoms with Gasteiger partial charge in [-0.25, -0.2) is 4.98 Å². The molecular weight excluding hydrogens is 344 g/mol. The second-order valence-corrected chi connectivity index (χ2v) is 7.34. The summed E-state index contributed by atoms with van der Waals surface area (Å²) in [5.74, 6) is 1.62. The van der Waals surface area contributed by atoms with Crippen LogP contribution in [0.5, 0.6) is 0 Å². The molecule has 1 aliphatic carbocycles. The van der Waals surface area contributed by atoms with Gasteiger partial charge in [-0.05, 0) is 50.8 Å². The molecule has 1 aromatic carbocycles. The van der Waals surface area contributed by atoms with Crippen molar-refractivity contribution < 1.29 is 14.4 Å². The first-order chi connectivity index (χ1) is 13.0. The van der Waals surface area contributed by atoms with Crippen molar-refractivity contribution >= 4 is 11.0 Å². The highest BCUT2D eigenvalue weighted by Crippen LogP contribution is 2.39. The van der Waals surface area contributed by atoms with Gasteiger partial charge >= 0.3 is 0 Å². The smallest absolute Gasteiger partial charge is 0.141 e. The number of nitrogens with two attached hydrogens (primary N) is 1. The number of methoxy groups -OCH3 is 1. The Labute approximate surface area is 158 Å². The van der Waals surface area contributed by atoms with E-state index in [9.17, 15) is 5.11 Å². The van der Waals surface area contributed by atoms with Crippen molar-refractivity contribution in [3.8, 4) is 11.1 Å². The molecule has 7 heteroatoms. The van der Waals surface area contributed by atoms with Gasteiger partial charge in [-0.2, -0.15) is 0 Å². The maximum absolute atomic E-state index is 9.33. The van der Waals surface area contributed by atoms with Crippen LogP contribution in [0.15, 0.2) is 22.7 Å². The zero-order valence-electron chi connectivity index (χ0n) is 16.0. The molecule has 2 heterocycles. The van der Waals surface area contributed by atoms with Crippen molar-refractivity contribution in [2.75, 3.05) is 13.7 Å². The Morgan fingerprint density at radius 1 is 1.37 bits per heavy atom. The van der Waals surface area contributed by atoms with E-state index >= 15 is 0 Å². The predicted octanol–water partition coefficient (Wildman–Crippen LogP) is 3.04. The highest BCUT2D eigenvalue weighted by Gasteiger charge is 2.34. The summed E-state index contributed by atoms with van der Waals surface area (Å²) in [4.78, 5) is 4.85. The Kier molecular flexibility index (Phi) is 4.75. The van der Waals surface area contributed by atoms with Gasteiger partial charge in [0, 0.05) is 25.3 Å². The first kappa shape index (κ1) is 18.2. The van der Waals surface area contributed by atoms with Crippen LogP contribution in [0, 0.1) is 13.8 Å². The van der Waals surface area contributed by atoms with E-state index in [1.165, 1.54) is 0 Å². The quantitative estimate of drug-likeness (QED) is 0.692. The lowest BCUT2D eigenvalue weighted by molar-refractivity contribution is 0.00621. The number of aliphatic hydroxyl groups is 1. The van der Waals surface area contributed by atoms with Crippen molar-refractivity contribution in [2.24, 2.45) is 5.73 Å². The van der Waals surface area contributed by atoms with Crippen LogP contribution in [0.2, 0.25) is 0 Å². The zero-order chi connectivity index (χ0) is 19.1. The molecule has 0 aliphatic heterocycles. The maximum atomic E-state index is 9.33. The highest BCUT2D eigenvalue weighted by atomic mass is 16.5. The second-order valence-electron chi connectivity index (χ2n) is 7.34. The number of rotatable bonds is 6. The average Bonchev–Trinajstić information content (AvgIpc) is 3.14. The first-order valence-electron chi connectivity index (χ1n) is 9.37. The Balaban J connectivity index is 1.81. The van der Waals surface area contributed by atoms with Crippen molar-refractivity contribution in [2.45, 2.75) is 51.3 Å². The van der Waals surface area contributed by atoms with E-state index < -0.39 is 0 Å². The molecule has 0 spiro atoms. The van der Waals surface area contributed by atoms with E-state index in [1.54, 1.807) is 7.11 Å². The zero-order valence-corrected chi connectivity index (χ0v) is 16.0. The van der Waals surface area contributed by atoms with Gasteiger partial charge in [0.1, 0.15) is 11.6 Å². The number of aromatic nitrogens is 3. The fourth-order valence-corrected chi connectivity index (χ4v) is 4.02. The molecule has 1 saturated carbocycles. The van der Waals surface area contributed by atoms with E-state index in [-0.39, 0.29) is 18.8 Å². The van der Waals surface area contributed by atoms with Crippen molar-refractivity contribution in [1.82, 2.24) is 14.7 Å². The van der Waals surface area contributed by atoms with Crippen LogP contribution in [-0.4, -0.2) is 39.6 Å². The summed E-state index contributed by atoms with van der Waals surface area (Å²) in [6, 6.07) is 6.27. The van der Waals surface area contributed by atoms with Gasteiger partial charge in [-0.1, -0.05) is 11.2 Å². The van der Waals surface area contributed by atoms with Crippen LogP contribution in [0.1, 0.15) is 48.6 Å². The van der Waals surface area contributed by atoms with Crippen LogP contribution >= 0.6 is 0 Å². The fraction of sp³-hybridized carbons (Fsp3) is 0.500. The van der Waals surface area contributed by atoms with Crippen molar-refractivity contribution in [3.63, 3.8) is 0 Å². The van der Waals surface area contributed by atoms with Crippen molar-refractivity contribution in [1.29, 1.82) is 0 Å². The number of ether oxygens (including phenoxy) is 1. The van der Waals surface area contributed by atoms with E-state index in [0.29, 0.717) is 12.5 Å².